The fourth-order valence-corrected chi connectivity index (χ4v) is 2.94. The zero-order valence-corrected chi connectivity index (χ0v) is 12.8. The molecule has 0 aromatic carbocycles. The van der Waals surface area contributed by atoms with E-state index in [-0.39, 0.29) is 18.1 Å². The number of aliphatic hydroxyl groups excluding tert-OH is 1. The zero-order chi connectivity index (χ0) is 16.5. The predicted octanol–water partition coefficient (Wildman–Crippen LogP) is -0.601. The van der Waals surface area contributed by atoms with Gasteiger partial charge in [0.2, 0.25) is 0 Å². The third-order valence-corrected chi connectivity index (χ3v) is 4.06. The summed E-state index contributed by atoms with van der Waals surface area (Å²) in [5.41, 5.74) is 0.986. The lowest BCUT2D eigenvalue weighted by Crippen LogP contribution is -2.37. The zero-order valence-electron chi connectivity index (χ0n) is 12.8. The van der Waals surface area contributed by atoms with Crippen LogP contribution in [-0.2, 0) is 0 Å². The molecule has 0 saturated carbocycles. The molecule has 0 aliphatic carbocycles. The molecule has 1 fully saturated rings. The van der Waals surface area contributed by atoms with Gasteiger partial charge in [-0.25, -0.2) is 9.97 Å². The van der Waals surface area contributed by atoms with E-state index in [0.717, 1.165) is 16.9 Å². The Balaban J connectivity index is 1.58. The maximum absolute atomic E-state index is 12.4. The number of aromatic amines is 2. The van der Waals surface area contributed by atoms with Crippen molar-refractivity contribution in [3.05, 3.63) is 30.5 Å². The van der Waals surface area contributed by atoms with Gasteiger partial charge in [0.15, 0.2) is 5.69 Å². The largest absolute Gasteiger partial charge is 0.389 e. The van der Waals surface area contributed by atoms with E-state index in [1.165, 1.54) is 12.5 Å². The molecule has 1 amide bonds. The molecule has 24 heavy (non-hydrogen) atoms. The molecule has 1 aliphatic rings. The van der Waals surface area contributed by atoms with E-state index < -0.39 is 6.10 Å². The lowest BCUT2D eigenvalue weighted by molar-refractivity contribution is 0.0668. The van der Waals surface area contributed by atoms with Crippen LogP contribution >= 0.6 is 0 Å². The number of nitrogens with zero attached hydrogens (tertiary/aromatic N) is 6. The minimum absolute atomic E-state index is 0.240. The lowest BCUT2D eigenvalue weighted by atomic mass is 10.3. The fourth-order valence-electron chi connectivity index (χ4n) is 2.94. The van der Waals surface area contributed by atoms with Crippen molar-refractivity contribution in [2.24, 2.45) is 0 Å². The minimum Gasteiger partial charge on any atom is -0.389 e. The number of H-pyrrole nitrogens is 2. The first kappa shape index (κ1) is 14.6. The van der Waals surface area contributed by atoms with Crippen LogP contribution in [0.3, 0.4) is 0 Å². The Hall–Kier alpha value is -3.01. The molecule has 10 nitrogen and oxygen atoms in total. The van der Waals surface area contributed by atoms with Crippen molar-refractivity contribution < 1.29 is 9.90 Å². The van der Waals surface area contributed by atoms with Crippen molar-refractivity contribution in [1.82, 2.24) is 35.3 Å². The number of β-amino-alcohol motifs (C(OH)–C–C–N with tert-alkyl or cyclic N) is 1. The van der Waals surface area contributed by atoms with E-state index in [4.69, 9.17) is 0 Å². The Morgan fingerprint density at radius 1 is 1.29 bits per heavy atom. The topological polar surface area (TPSA) is 127 Å². The average Bonchev–Trinajstić information content (AvgIpc) is 3.24. The van der Waals surface area contributed by atoms with Crippen LogP contribution in [0.4, 0.5) is 5.82 Å². The van der Waals surface area contributed by atoms with Crippen molar-refractivity contribution in [2.45, 2.75) is 6.10 Å². The highest BCUT2D eigenvalue weighted by atomic mass is 16.3. The molecular formula is C14H16N8O2. The molecule has 0 radical (unpaired) electrons. The highest BCUT2D eigenvalue weighted by Crippen LogP contribution is 2.23. The first-order chi connectivity index (χ1) is 11.7. The number of carbonyl (C=O) groups is 1. The van der Waals surface area contributed by atoms with Crippen LogP contribution < -0.4 is 4.90 Å². The van der Waals surface area contributed by atoms with Gasteiger partial charge in [-0.1, -0.05) is 0 Å². The van der Waals surface area contributed by atoms with Crippen molar-refractivity contribution in [3.8, 4) is 0 Å². The molecule has 3 aromatic heterocycles. The molecule has 10 heteroatoms. The second kappa shape index (κ2) is 5.89. The maximum atomic E-state index is 12.4. The van der Waals surface area contributed by atoms with Crippen molar-refractivity contribution in [3.63, 3.8) is 0 Å². The second-order valence-electron chi connectivity index (χ2n) is 5.64. The van der Waals surface area contributed by atoms with Crippen molar-refractivity contribution in [1.29, 1.82) is 0 Å². The first-order valence-corrected chi connectivity index (χ1v) is 7.58. The van der Waals surface area contributed by atoms with Gasteiger partial charge in [0.05, 0.1) is 17.7 Å². The third-order valence-electron chi connectivity index (χ3n) is 4.06. The van der Waals surface area contributed by atoms with Crippen LogP contribution in [-0.4, -0.2) is 78.6 Å². The summed E-state index contributed by atoms with van der Waals surface area (Å²) in [6, 6.07) is 1.90. The van der Waals surface area contributed by atoms with Crippen LogP contribution in [0.15, 0.2) is 24.8 Å². The van der Waals surface area contributed by atoms with Crippen LogP contribution in [0.2, 0.25) is 0 Å². The van der Waals surface area contributed by atoms with E-state index in [9.17, 15) is 9.90 Å². The van der Waals surface area contributed by atoms with Gasteiger partial charge in [-0.15, -0.1) is 0 Å². The summed E-state index contributed by atoms with van der Waals surface area (Å²) < 4.78 is 0. The number of rotatable bonds is 2. The monoisotopic (exact) mass is 328 g/mol. The Morgan fingerprint density at radius 3 is 3.04 bits per heavy atom. The standard InChI is InChI=1S/C14H16N8O2/c23-9-6-21(13-10-1-2-15-12(10)16-8-17-13)3-4-22(7-9)14(24)11-5-18-20-19-11/h1-2,5,8-9,23H,3-4,6-7H2,(H,15,16,17)(H,18,19,20)/t9-/m0/s1. The Morgan fingerprint density at radius 2 is 2.21 bits per heavy atom. The minimum atomic E-state index is -0.688. The maximum Gasteiger partial charge on any atom is 0.276 e. The highest BCUT2D eigenvalue weighted by Gasteiger charge is 2.27. The second-order valence-corrected chi connectivity index (χ2v) is 5.64. The molecule has 3 aromatic rings. The van der Waals surface area contributed by atoms with Gasteiger partial charge < -0.3 is 19.9 Å². The Bertz CT molecular complexity index is 845. The molecule has 3 N–H and O–H groups in total. The summed E-state index contributed by atoms with van der Waals surface area (Å²) in [6.45, 7) is 1.64. The van der Waals surface area contributed by atoms with Gasteiger partial charge in [0, 0.05) is 32.4 Å². The van der Waals surface area contributed by atoms with E-state index in [1.807, 2.05) is 11.0 Å². The van der Waals surface area contributed by atoms with Gasteiger partial charge in [-0.3, -0.25) is 4.79 Å². The fraction of sp³-hybridized carbons (Fsp3) is 0.357. The number of aromatic nitrogens is 6. The number of nitrogens with one attached hydrogen (secondary N) is 2. The summed E-state index contributed by atoms with van der Waals surface area (Å²) in [5, 5.41) is 21.1. The van der Waals surface area contributed by atoms with Gasteiger partial charge in [-0.05, 0) is 6.07 Å². The molecule has 1 atom stereocenters. The van der Waals surface area contributed by atoms with Crippen molar-refractivity contribution in [2.75, 3.05) is 31.1 Å². The number of fused-ring (bicyclic) bond motifs is 1. The average molecular weight is 328 g/mol. The van der Waals surface area contributed by atoms with Gasteiger partial charge in [0.25, 0.3) is 5.91 Å². The normalized spacial score (nSPS) is 18.8. The molecule has 4 heterocycles. The van der Waals surface area contributed by atoms with Crippen LogP contribution in [0, 0.1) is 0 Å². The summed E-state index contributed by atoms with van der Waals surface area (Å²) in [5.74, 6) is 0.496. The van der Waals surface area contributed by atoms with Gasteiger partial charge >= 0.3 is 0 Å². The SMILES string of the molecule is O=C(c1cn[nH]n1)N1CCN(c2ncnc3[nH]ccc23)C[C@H](O)C1. The number of hydrogen-bond acceptors (Lipinski definition) is 7. The summed E-state index contributed by atoms with van der Waals surface area (Å²) >= 11 is 0. The molecule has 1 aliphatic heterocycles. The molecule has 4 rings (SSSR count). The van der Waals surface area contributed by atoms with Crippen LogP contribution in [0.1, 0.15) is 10.5 Å². The van der Waals surface area contributed by atoms with E-state index in [0.29, 0.717) is 19.6 Å². The van der Waals surface area contributed by atoms with Gasteiger partial charge in [-0.2, -0.15) is 15.4 Å². The number of amides is 1. The molecule has 0 bridgehead atoms. The number of anilines is 1. The van der Waals surface area contributed by atoms with Crippen LogP contribution in [0.25, 0.3) is 11.0 Å². The van der Waals surface area contributed by atoms with Crippen LogP contribution in [0.5, 0.6) is 0 Å². The quantitative estimate of drug-likeness (QED) is 0.573. The molecule has 124 valence electrons. The predicted molar refractivity (Wildman–Crippen MR) is 84.4 cm³/mol. The van der Waals surface area contributed by atoms with E-state index in [2.05, 4.69) is 30.4 Å². The third kappa shape index (κ3) is 2.56. The van der Waals surface area contributed by atoms with E-state index >= 15 is 0 Å². The Kier molecular flexibility index (Phi) is 3.58. The number of aliphatic hydroxyl groups is 1. The Labute approximate surface area is 136 Å². The van der Waals surface area contributed by atoms with Crippen molar-refractivity contribution >= 4 is 22.8 Å². The molecule has 1 saturated heterocycles. The first-order valence-electron chi connectivity index (χ1n) is 7.58. The lowest BCUT2D eigenvalue weighted by Gasteiger charge is -2.23. The summed E-state index contributed by atoms with van der Waals surface area (Å²) in [4.78, 5) is 27.5. The smallest absolute Gasteiger partial charge is 0.276 e. The van der Waals surface area contributed by atoms with E-state index in [1.54, 1.807) is 11.1 Å². The highest BCUT2D eigenvalue weighted by molar-refractivity contribution is 5.92. The summed E-state index contributed by atoms with van der Waals surface area (Å²) in [7, 11) is 0. The molecular weight excluding hydrogens is 312 g/mol. The summed E-state index contributed by atoms with van der Waals surface area (Å²) in [6.07, 6.45) is 3.99. The molecule has 0 spiro atoms. The van der Waals surface area contributed by atoms with Gasteiger partial charge in [0.1, 0.15) is 17.8 Å². The molecule has 0 unspecified atom stereocenters. The number of hydrogen-bond donors (Lipinski definition) is 3. The number of carbonyl (C=O) groups excluding carboxylic acids is 1.